The molecule has 1 aromatic rings. The number of hydrogen-bond donors (Lipinski definition) is 1. The van der Waals surface area contributed by atoms with Crippen LogP contribution >= 0.6 is 0 Å². The van der Waals surface area contributed by atoms with Crippen molar-refractivity contribution in [3.8, 4) is 0 Å². The minimum absolute atomic E-state index is 0.157. The van der Waals surface area contributed by atoms with Crippen molar-refractivity contribution in [2.45, 2.75) is 38.3 Å². The Bertz CT molecular complexity index is 398. The maximum Gasteiger partial charge on any atom is 0.130 e. The van der Waals surface area contributed by atoms with Gasteiger partial charge in [-0.3, -0.25) is 0 Å². The number of benzene rings is 1. The molecule has 2 nitrogen and oxygen atoms in total. The monoisotopic (exact) mass is 269 g/mol. The molecule has 1 aliphatic rings. The summed E-state index contributed by atoms with van der Waals surface area (Å²) in [7, 11) is 1.75. The zero-order valence-electron chi connectivity index (χ0n) is 11.5. The molecule has 0 bridgehead atoms. The fourth-order valence-corrected chi connectivity index (χ4v) is 2.80. The van der Waals surface area contributed by atoms with Crippen molar-refractivity contribution in [1.82, 2.24) is 5.32 Å². The van der Waals surface area contributed by atoms with Gasteiger partial charge in [-0.2, -0.15) is 0 Å². The minimum Gasteiger partial charge on any atom is -0.378 e. The van der Waals surface area contributed by atoms with E-state index in [4.69, 9.17) is 4.74 Å². The lowest BCUT2D eigenvalue weighted by molar-refractivity contribution is -0.0291. The van der Waals surface area contributed by atoms with Crippen LogP contribution in [-0.4, -0.2) is 19.8 Å². The van der Waals surface area contributed by atoms with E-state index in [0.29, 0.717) is 12.0 Å². The third-order valence-corrected chi connectivity index (χ3v) is 3.86. The normalized spacial score (nSPS) is 24.0. The van der Waals surface area contributed by atoms with Crippen LogP contribution in [0.1, 0.15) is 37.8 Å². The van der Waals surface area contributed by atoms with Gasteiger partial charge in [0.2, 0.25) is 0 Å². The van der Waals surface area contributed by atoms with Gasteiger partial charge in [0.25, 0.3) is 0 Å². The molecule has 1 N–H and O–H groups in total. The molecule has 0 amide bonds. The summed E-state index contributed by atoms with van der Waals surface area (Å²) in [6.07, 6.45) is 3.06. The summed E-state index contributed by atoms with van der Waals surface area (Å²) in [5, 5.41) is 3.03. The summed E-state index contributed by atoms with van der Waals surface area (Å²) >= 11 is 0. The third-order valence-electron chi connectivity index (χ3n) is 3.86. The van der Waals surface area contributed by atoms with Crippen molar-refractivity contribution in [3.63, 3.8) is 0 Å². The first-order valence-electron chi connectivity index (χ1n) is 6.88. The fraction of sp³-hybridized carbons (Fsp3) is 0.600. The topological polar surface area (TPSA) is 21.3 Å². The van der Waals surface area contributed by atoms with Crippen LogP contribution in [-0.2, 0) is 4.74 Å². The zero-order chi connectivity index (χ0) is 13.8. The molecule has 4 heteroatoms. The molecule has 0 radical (unpaired) electrons. The van der Waals surface area contributed by atoms with E-state index in [2.05, 4.69) is 5.32 Å². The second kappa shape index (κ2) is 6.44. The SMILES string of the molecule is CCOC1CC(CC(NC)c2c(F)cccc2F)C1. The van der Waals surface area contributed by atoms with E-state index in [1.165, 1.54) is 18.2 Å². The summed E-state index contributed by atoms with van der Waals surface area (Å²) in [5.74, 6) is -0.465. The number of ether oxygens (including phenoxy) is 1. The third kappa shape index (κ3) is 3.31. The average molecular weight is 269 g/mol. The van der Waals surface area contributed by atoms with Crippen molar-refractivity contribution in [3.05, 3.63) is 35.4 Å². The summed E-state index contributed by atoms with van der Waals surface area (Å²) in [4.78, 5) is 0. The van der Waals surface area contributed by atoms with E-state index in [1.807, 2.05) is 6.92 Å². The Morgan fingerprint density at radius 2 is 1.95 bits per heavy atom. The molecule has 1 fully saturated rings. The Morgan fingerprint density at radius 1 is 1.32 bits per heavy atom. The van der Waals surface area contributed by atoms with Crippen LogP contribution in [0.3, 0.4) is 0 Å². The number of nitrogens with one attached hydrogen (secondary N) is 1. The molecule has 1 saturated carbocycles. The van der Waals surface area contributed by atoms with E-state index in [0.717, 1.165) is 25.9 Å². The zero-order valence-corrected chi connectivity index (χ0v) is 11.5. The average Bonchev–Trinajstić information content (AvgIpc) is 2.34. The lowest BCUT2D eigenvalue weighted by atomic mass is 9.77. The van der Waals surface area contributed by atoms with Crippen LogP contribution in [0.2, 0.25) is 0 Å². The maximum absolute atomic E-state index is 13.8. The minimum atomic E-state index is -0.472. The summed E-state index contributed by atoms with van der Waals surface area (Å²) in [6, 6.07) is 3.75. The predicted molar refractivity (Wildman–Crippen MR) is 70.9 cm³/mol. The standard InChI is InChI=1S/C15H21F2NO/c1-3-19-11-7-10(8-11)9-14(18-2)15-12(16)5-4-6-13(15)17/h4-6,10-11,14,18H,3,7-9H2,1-2H3. The second-order valence-corrected chi connectivity index (χ2v) is 5.13. The number of halogens is 2. The molecule has 2 rings (SSSR count). The van der Waals surface area contributed by atoms with Gasteiger partial charge in [0.05, 0.1) is 6.10 Å². The highest BCUT2D eigenvalue weighted by Crippen LogP contribution is 2.37. The molecule has 19 heavy (non-hydrogen) atoms. The second-order valence-electron chi connectivity index (χ2n) is 5.13. The molecular weight excluding hydrogens is 248 g/mol. The molecule has 1 aliphatic carbocycles. The Hall–Kier alpha value is -1.00. The van der Waals surface area contributed by atoms with Crippen molar-refractivity contribution in [1.29, 1.82) is 0 Å². The van der Waals surface area contributed by atoms with Crippen LogP contribution < -0.4 is 5.32 Å². The Labute approximate surface area is 113 Å². The van der Waals surface area contributed by atoms with E-state index in [-0.39, 0.29) is 11.6 Å². The molecule has 0 saturated heterocycles. The first-order chi connectivity index (χ1) is 9.15. The Balaban J connectivity index is 1.98. The Morgan fingerprint density at radius 3 is 2.47 bits per heavy atom. The van der Waals surface area contributed by atoms with Crippen LogP contribution in [0.15, 0.2) is 18.2 Å². The van der Waals surface area contributed by atoms with E-state index in [9.17, 15) is 8.78 Å². The summed E-state index contributed by atoms with van der Waals surface area (Å²) in [5.41, 5.74) is 0.157. The summed E-state index contributed by atoms with van der Waals surface area (Å²) < 4.78 is 33.0. The van der Waals surface area contributed by atoms with Crippen LogP contribution in [0, 0.1) is 17.6 Å². The van der Waals surface area contributed by atoms with Crippen LogP contribution in [0.5, 0.6) is 0 Å². The van der Waals surface area contributed by atoms with Crippen molar-refractivity contribution >= 4 is 0 Å². The first-order valence-corrected chi connectivity index (χ1v) is 6.88. The van der Waals surface area contributed by atoms with E-state index >= 15 is 0 Å². The van der Waals surface area contributed by atoms with Gasteiger partial charge in [-0.25, -0.2) is 8.78 Å². The van der Waals surface area contributed by atoms with Gasteiger partial charge in [-0.1, -0.05) is 6.07 Å². The highest BCUT2D eigenvalue weighted by atomic mass is 19.1. The van der Waals surface area contributed by atoms with Crippen molar-refractivity contribution in [2.75, 3.05) is 13.7 Å². The molecule has 0 heterocycles. The largest absolute Gasteiger partial charge is 0.378 e. The maximum atomic E-state index is 13.8. The van der Waals surface area contributed by atoms with Crippen molar-refractivity contribution in [2.24, 2.45) is 5.92 Å². The van der Waals surface area contributed by atoms with Gasteiger partial charge in [0.1, 0.15) is 11.6 Å². The smallest absolute Gasteiger partial charge is 0.130 e. The van der Waals surface area contributed by atoms with E-state index < -0.39 is 11.6 Å². The highest BCUT2D eigenvalue weighted by molar-refractivity contribution is 5.23. The fourth-order valence-electron chi connectivity index (χ4n) is 2.80. The first kappa shape index (κ1) is 14.4. The lowest BCUT2D eigenvalue weighted by Gasteiger charge is -2.37. The van der Waals surface area contributed by atoms with Gasteiger partial charge >= 0.3 is 0 Å². The van der Waals surface area contributed by atoms with Gasteiger partial charge in [0, 0.05) is 18.2 Å². The number of rotatable bonds is 6. The lowest BCUT2D eigenvalue weighted by Crippen LogP contribution is -2.34. The Kier molecular flexibility index (Phi) is 4.88. The number of hydrogen-bond acceptors (Lipinski definition) is 2. The quantitative estimate of drug-likeness (QED) is 0.854. The molecule has 0 aliphatic heterocycles. The molecular formula is C15H21F2NO. The predicted octanol–water partition coefficient (Wildman–Crippen LogP) is 3.43. The molecule has 0 aromatic heterocycles. The highest BCUT2D eigenvalue weighted by Gasteiger charge is 2.32. The van der Waals surface area contributed by atoms with E-state index in [1.54, 1.807) is 7.05 Å². The van der Waals surface area contributed by atoms with Crippen LogP contribution in [0.25, 0.3) is 0 Å². The van der Waals surface area contributed by atoms with Gasteiger partial charge < -0.3 is 10.1 Å². The molecule has 1 atom stereocenters. The van der Waals surface area contributed by atoms with Crippen molar-refractivity contribution < 1.29 is 13.5 Å². The van der Waals surface area contributed by atoms with Crippen LogP contribution in [0.4, 0.5) is 8.78 Å². The van der Waals surface area contributed by atoms with Gasteiger partial charge in [-0.15, -0.1) is 0 Å². The summed E-state index contributed by atoms with van der Waals surface area (Å²) in [6.45, 7) is 2.72. The van der Waals surface area contributed by atoms with Gasteiger partial charge in [0.15, 0.2) is 0 Å². The van der Waals surface area contributed by atoms with Gasteiger partial charge in [-0.05, 0) is 51.3 Å². The molecule has 106 valence electrons. The molecule has 1 unspecified atom stereocenters. The molecule has 1 aromatic carbocycles. The molecule has 0 spiro atoms.